The fourth-order valence-corrected chi connectivity index (χ4v) is 4.64. The zero-order valence-corrected chi connectivity index (χ0v) is 12.8. The van der Waals surface area contributed by atoms with Gasteiger partial charge in [0.05, 0.1) is 5.69 Å². The third-order valence-corrected chi connectivity index (χ3v) is 5.70. The summed E-state index contributed by atoms with van der Waals surface area (Å²) in [5.41, 5.74) is 3.43. The van der Waals surface area contributed by atoms with Crippen molar-refractivity contribution < 1.29 is 4.39 Å². The Morgan fingerprint density at radius 3 is 3.14 bits per heavy atom. The number of halogens is 1. The zero-order valence-electron chi connectivity index (χ0n) is 12.0. The standard InChI is InChI=1S/C16H18FN3S/c1-18-12-3-2-4-13-15(12)21-16(19-13)20-8-7-10-5-6-11(17)9-14(10)20/h5-6,9,12,18H,2-4,7-8H2,1H3. The maximum absolute atomic E-state index is 13.5. The van der Waals surface area contributed by atoms with Gasteiger partial charge in [0.2, 0.25) is 0 Å². The van der Waals surface area contributed by atoms with Gasteiger partial charge in [0.15, 0.2) is 5.13 Å². The summed E-state index contributed by atoms with van der Waals surface area (Å²) in [5.74, 6) is -0.171. The highest BCUT2D eigenvalue weighted by Gasteiger charge is 2.28. The molecule has 0 bridgehead atoms. The van der Waals surface area contributed by atoms with E-state index in [1.165, 1.54) is 29.0 Å². The van der Waals surface area contributed by atoms with Crippen LogP contribution in [0.2, 0.25) is 0 Å². The number of hydrogen-bond donors (Lipinski definition) is 1. The SMILES string of the molecule is CNC1CCCc2nc(N3CCc4ccc(F)cc43)sc21. The number of rotatable bonds is 2. The van der Waals surface area contributed by atoms with Gasteiger partial charge in [-0.05, 0) is 50.4 Å². The summed E-state index contributed by atoms with van der Waals surface area (Å²) >= 11 is 1.76. The van der Waals surface area contributed by atoms with Gasteiger partial charge in [0, 0.05) is 23.2 Å². The molecular formula is C16H18FN3S. The number of hydrogen-bond acceptors (Lipinski definition) is 4. The van der Waals surface area contributed by atoms with Gasteiger partial charge in [0.25, 0.3) is 0 Å². The summed E-state index contributed by atoms with van der Waals surface area (Å²) in [6.45, 7) is 0.898. The van der Waals surface area contributed by atoms with E-state index in [2.05, 4.69) is 10.2 Å². The molecule has 0 fully saturated rings. The lowest BCUT2D eigenvalue weighted by Gasteiger charge is -2.19. The summed E-state index contributed by atoms with van der Waals surface area (Å²) < 4.78 is 13.5. The van der Waals surface area contributed by atoms with Crippen molar-refractivity contribution >= 4 is 22.2 Å². The number of nitrogens with zero attached hydrogens (tertiary/aromatic N) is 2. The van der Waals surface area contributed by atoms with Crippen LogP contribution in [0.5, 0.6) is 0 Å². The number of anilines is 2. The van der Waals surface area contributed by atoms with Crippen LogP contribution in [0.25, 0.3) is 0 Å². The van der Waals surface area contributed by atoms with Gasteiger partial charge in [0.1, 0.15) is 5.82 Å². The number of aryl methyl sites for hydroxylation is 1. The Morgan fingerprint density at radius 1 is 1.38 bits per heavy atom. The smallest absolute Gasteiger partial charge is 0.190 e. The molecule has 0 amide bonds. The maximum Gasteiger partial charge on any atom is 0.190 e. The van der Waals surface area contributed by atoms with Crippen LogP contribution in [0.1, 0.15) is 35.0 Å². The second-order valence-corrected chi connectivity index (χ2v) is 6.72. The summed E-state index contributed by atoms with van der Waals surface area (Å²) in [6.07, 6.45) is 4.40. The molecule has 1 aliphatic carbocycles. The fraction of sp³-hybridized carbons (Fsp3) is 0.438. The van der Waals surface area contributed by atoms with Gasteiger partial charge in [-0.1, -0.05) is 17.4 Å². The van der Waals surface area contributed by atoms with Crippen LogP contribution in [-0.4, -0.2) is 18.6 Å². The molecule has 0 saturated carbocycles. The molecule has 3 nitrogen and oxygen atoms in total. The fourth-order valence-electron chi connectivity index (χ4n) is 3.35. The highest BCUT2D eigenvalue weighted by Crippen LogP contribution is 2.42. The number of nitrogens with one attached hydrogen (secondary N) is 1. The highest BCUT2D eigenvalue weighted by molar-refractivity contribution is 7.15. The van der Waals surface area contributed by atoms with Crippen LogP contribution < -0.4 is 10.2 Å². The second kappa shape index (κ2) is 5.07. The Bertz CT molecular complexity index is 682. The molecule has 0 radical (unpaired) electrons. The Kier molecular flexibility index (Phi) is 3.19. The first-order valence-corrected chi connectivity index (χ1v) is 8.31. The molecule has 0 spiro atoms. The Labute approximate surface area is 127 Å². The quantitative estimate of drug-likeness (QED) is 0.919. The van der Waals surface area contributed by atoms with Gasteiger partial charge >= 0.3 is 0 Å². The van der Waals surface area contributed by atoms with Crippen LogP contribution in [-0.2, 0) is 12.8 Å². The van der Waals surface area contributed by atoms with E-state index in [0.717, 1.165) is 30.2 Å². The van der Waals surface area contributed by atoms with E-state index in [9.17, 15) is 4.39 Å². The van der Waals surface area contributed by atoms with Crippen molar-refractivity contribution in [3.8, 4) is 0 Å². The molecule has 2 aromatic rings. The predicted octanol–water partition coefficient (Wildman–Crippen LogP) is 3.57. The first-order chi connectivity index (χ1) is 10.3. The molecule has 1 aliphatic heterocycles. The summed E-state index contributed by atoms with van der Waals surface area (Å²) in [7, 11) is 2.01. The number of fused-ring (bicyclic) bond motifs is 2. The predicted molar refractivity (Wildman–Crippen MR) is 84.0 cm³/mol. The van der Waals surface area contributed by atoms with Gasteiger partial charge in [-0.3, -0.25) is 0 Å². The van der Waals surface area contributed by atoms with Crippen molar-refractivity contribution in [3.63, 3.8) is 0 Å². The van der Waals surface area contributed by atoms with Crippen molar-refractivity contribution in [2.24, 2.45) is 0 Å². The van der Waals surface area contributed by atoms with Crippen LogP contribution in [0.3, 0.4) is 0 Å². The highest BCUT2D eigenvalue weighted by atomic mass is 32.1. The Hall–Kier alpha value is -1.46. The van der Waals surface area contributed by atoms with Crippen molar-refractivity contribution in [2.75, 3.05) is 18.5 Å². The van der Waals surface area contributed by atoms with Gasteiger partial charge in [-0.2, -0.15) is 0 Å². The average molecular weight is 303 g/mol. The monoisotopic (exact) mass is 303 g/mol. The average Bonchev–Trinajstić information content (AvgIpc) is 3.09. The number of aromatic nitrogens is 1. The maximum atomic E-state index is 13.5. The van der Waals surface area contributed by atoms with Crippen molar-refractivity contribution in [2.45, 2.75) is 31.7 Å². The second-order valence-electron chi connectivity index (χ2n) is 5.72. The van der Waals surface area contributed by atoms with Crippen molar-refractivity contribution in [3.05, 3.63) is 40.2 Å². The molecule has 1 aromatic heterocycles. The van der Waals surface area contributed by atoms with Crippen LogP contribution in [0, 0.1) is 5.82 Å². The molecule has 2 aliphatic rings. The minimum atomic E-state index is -0.171. The summed E-state index contributed by atoms with van der Waals surface area (Å²) in [4.78, 5) is 8.38. The van der Waals surface area contributed by atoms with Gasteiger partial charge in [-0.15, -0.1) is 0 Å². The van der Waals surface area contributed by atoms with Crippen molar-refractivity contribution in [1.29, 1.82) is 0 Å². The lowest BCUT2D eigenvalue weighted by Crippen LogP contribution is -2.19. The molecule has 1 atom stereocenters. The molecular weight excluding hydrogens is 285 g/mol. The topological polar surface area (TPSA) is 28.2 Å². The van der Waals surface area contributed by atoms with E-state index in [-0.39, 0.29) is 5.82 Å². The zero-order chi connectivity index (χ0) is 14.4. The third kappa shape index (κ3) is 2.15. The van der Waals surface area contributed by atoms with E-state index in [4.69, 9.17) is 4.98 Å². The first-order valence-electron chi connectivity index (χ1n) is 7.49. The minimum Gasteiger partial charge on any atom is -0.317 e. The third-order valence-electron chi connectivity index (χ3n) is 4.46. The molecule has 1 aromatic carbocycles. The molecule has 1 N–H and O–H groups in total. The van der Waals surface area contributed by atoms with E-state index >= 15 is 0 Å². The molecule has 1 unspecified atom stereocenters. The lowest BCUT2D eigenvalue weighted by molar-refractivity contribution is 0.501. The molecule has 2 heterocycles. The Balaban J connectivity index is 1.73. The molecule has 4 rings (SSSR count). The molecule has 5 heteroatoms. The minimum absolute atomic E-state index is 0.171. The Morgan fingerprint density at radius 2 is 2.29 bits per heavy atom. The van der Waals surface area contributed by atoms with E-state index in [1.54, 1.807) is 23.5 Å². The van der Waals surface area contributed by atoms with E-state index in [1.807, 2.05) is 13.1 Å². The number of benzene rings is 1. The molecule has 0 saturated heterocycles. The molecule has 110 valence electrons. The first kappa shape index (κ1) is 13.2. The van der Waals surface area contributed by atoms with Crippen LogP contribution in [0.15, 0.2) is 18.2 Å². The van der Waals surface area contributed by atoms with Gasteiger partial charge in [-0.25, -0.2) is 9.37 Å². The van der Waals surface area contributed by atoms with E-state index in [0.29, 0.717) is 6.04 Å². The largest absolute Gasteiger partial charge is 0.317 e. The van der Waals surface area contributed by atoms with Crippen LogP contribution >= 0.6 is 11.3 Å². The lowest BCUT2D eigenvalue weighted by atomic mass is 9.98. The number of thiazole rings is 1. The van der Waals surface area contributed by atoms with Gasteiger partial charge < -0.3 is 10.2 Å². The van der Waals surface area contributed by atoms with Crippen molar-refractivity contribution in [1.82, 2.24) is 10.3 Å². The van der Waals surface area contributed by atoms with E-state index < -0.39 is 0 Å². The normalized spacial score (nSPS) is 20.5. The summed E-state index contributed by atoms with van der Waals surface area (Å²) in [5, 5.41) is 4.40. The summed E-state index contributed by atoms with van der Waals surface area (Å²) in [6, 6.07) is 5.51. The molecule has 21 heavy (non-hydrogen) atoms. The van der Waals surface area contributed by atoms with Crippen LogP contribution in [0.4, 0.5) is 15.2 Å².